The van der Waals surface area contributed by atoms with Gasteiger partial charge in [0.15, 0.2) is 0 Å². The van der Waals surface area contributed by atoms with Crippen LogP contribution >= 0.6 is 0 Å². The van der Waals surface area contributed by atoms with Crippen LogP contribution in [0.25, 0.3) is 0 Å². The van der Waals surface area contributed by atoms with Crippen molar-refractivity contribution in [3.05, 3.63) is 63.4 Å². The summed E-state index contributed by atoms with van der Waals surface area (Å²) in [5.41, 5.74) is 0.0907. The van der Waals surface area contributed by atoms with Crippen LogP contribution in [0.15, 0.2) is 34.7 Å². The number of aliphatic hydroxyl groups excluding tert-OH is 1. The van der Waals surface area contributed by atoms with Gasteiger partial charge in [-0.05, 0) is 17.7 Å². The number of aliphatic hydroxyl groups is 1. The van der Waals surface area contributed by atoms with E-state index >= 15 is 0 Å². The lowest BCUT2D eigenvalue weighted by Gasteiger charge is -2.08. The van der Waals surface area contributed by atoms with E-state index in [1.54, 1.807) is 0 Å². The van der Waals surface area contributed by atoms with Gasteiger partial charge < -0.3 is 9.52 Å². The molecule has 0 aliphatic carbocycles. The first-order chi connectivity index (χ1) is 8.97. The van der Waals surface area contributed by atoms with Crippen molar-refractivity contribution in [2.45, 2.75) is 12.5 Å². The Kier molecular flexibility index (Phi) is 3.57. The Morgan fingerprint density at radius 2 is 2.05 bits per heavy atom. The smallest absolute Gasteiger partial charge is 0.403 e. The van der Waals surface area contributed by atoms with Gasteiger partial charge in [0.1, 0.15) is 28.4 Å². The molecule has 0 amide bonds. The van der Waals surface area contributed by atoms with Gasteiger partial charge in [0.05, 0.1) is 6.07 Å². The van der Waals surface area contributed by atoms with Crippen LogP contribution in [0.5, 0.6) is 0 Å². The molecule has 7 heteroatoms. The molecule has 0 saturated carbocycles. The highest BCUT2D eigenvalue weighted by Crippen LogP contribution is 2.25. The number of nitrogens with zero attached hydrogens (tertiary/aromatic N) is 1. The molecule has 2 rings (SSSR count). The fourth-order valence-corrected chi connectivity index (χ4v) is 1.62. The first-order valence-electron chi connectivity index (χ1n) is 5.33. The van der Waals surface area contributed by atoms with Crippen LogP contribution in [-0.4, -0.2) is 10.0 Å². The standard InChI is InChI=1S/C12H9F2NO4/c13-8-2-1-7(9(14)6-8)5-10(16)11-3-4-12(19-11)15(17)18/h1-4,6,10,16H,5H2. The average Bonchev–Trinajstić information content (AvgIpc) is 2.82. The van der Waals surface area contributed by atoms with Crippen molar-refractivity contribution in [1.29, 1.82) is 0 Å². The molecule has 0 aliphatic heterocycles. The molecule has 0 saturated heterocycles. The zero-order valence-electron chi connectivity index (χ0n) is 9.55. The Balaban J connectivity index is 2.15. The molecule has 0 bridgehead atoms. The van der Waals surface area contributed by atoms with Crippen LogP contribution in [0, 0.1) is 21.7 Å². The molecule has 0 aliphatic rings. The maximum Gasteiger partial charge on any atom is 0.433 e. The van der Waals surface area contributed by atoms with E-state index in [1.807, 2.05) is 0 Å². The van der Waals surface area contributed by atoms with Crippen molar-refractivity contribution in [2.75, 3.05) is 0 Å². The summed E-state index contributed by atoms with van der Waals surface area (Å²) in [6.45, 7) is 0. The zero-order chi connectivity index (χ0) is 14.0. The van der Waals surface area contributed by atoms with E-state index in [0.717, 1.165) is 12.1 Å². The van der Waals surface area contributed by atoms with Gasteiger partial charge in [0.2, 0.25) is 0 Å². The van der Waals surface area contributed by atoms with Crippen LogP contribution in [0.1, 0.15) is 17.4 Å². The molecule has 100 valence electrons. The molecular formula is C12H9F2NO4. The van der Waals surface area contributed by atoms with Crippen molar-refractivity contribution < 1.29 is 23.2 Å². The predicted octanol–water partition coefficient (Wildman–Crippen LogP) is 2.74. The number of rotatable bonds is 4. The lowest BCUT2D eigenvalue weighted by atomic mass is 10.1. The SMILES string of the molecule is O=[N+]([O-])c1ccc(C(O)Cc2ccc(F)cc2F)o1. The lowest BCUT2D eigenvalue weighted by Crippen LogP contribution is -2.02. The van der Waals surface area contributed by atoms with Gasteiger partial charge in [0.25, 0.3) is 0 Å². The Morgan fingerprint density at radius 3 is 2.63 bits per heavy atom. The number of benzene rings is 1. The quantitative estimate of drug-likeness (QED) is 0.684. The molecule has 1 atom stereocenters. The van der Waals surface area contributed by atoms with E-state index in [0.29, 0.717) is 6.07 Å². The largest absolute Gasteiger partial charge is 0.433 e. The average molecular weight is 269 g/mol. The summed E-state index contributed by atoms with van der Waals surface area (Å²) in [5.74, 6) is -2.06. The van der Waals surface area contributed by atoms with Crippen molar-refractivity contribution >= 4 is 5.88 Å². The molecule has 1 N–H and O–H groups in total. The Hall–Kier alpha value is -2.28. The number of furan rings is 1. The Labute approximate surface area is 106 Å². The molecule has 0 spiro atoms. The third-order valence-corrected chi connectivity index (χ3v) is 2.55. The molecule has 1 aromatic carbocycles. The topological polar surface area (TPSA) is 76.5 Å². The van der Waals surface area contributed by atoms with Crippen molar-refractivity contribution in [3.8, 4) is 0 Å². The van der Waals surface area contributed by atoms with Gasteiger partial charge in [-0.1, -0.05) is 6.07 Å². The summed E-state index contributed by atoms with van der Waals surface area (Å²) >= 11 is 0. The molecule has 0 fully saturated rings. The highest BCUT2D eigenvalue weighted by Gasteiger charge is 2.19. The maximum atomic E-state index is 13.4. The van der Waals surface area contributed by atoms with E-state index in [9.17, 15) is 24.0 Å². The minimum Gasteiger partial charge on any atom is -0.403 e. The molecule has 1 heterocycles. The number of hydrogen-bond donors (Lipinski definition) is 1. The molecule has 1 unspecified atom stereocenters. The van der Waals surface area contributed by atoms with Crippen molar-refractivity contribution in [2.24, 2.45) is 0 Å². The summed E-state index contributed by atoms with van der Waals surface area (Å²) < 4.78 is 30.9. The van der Waals surface area contributed by atoms with Crippen LogP contribution < -0.4 is 0 Å². The van der Waals surface area contributed by atoms with Gasteiger partial charge in [-0.25, -0.2) is 8.78 Å². The highest BCUT2D eigenvalue weighted by atomic mass is 19.1. The third kappa shape index (κ3) is 2.94. The normalized spacial score (nSPS) is 12.4. The molecule has 2 aromatic rings. The van der Waals surface area contributed by atoms with Crippen LogP contribution in [0.2, 0.25) is 0 Å². The Bertz CT molecular complexity index is 612. The minimum atomic E-state index is -1.24. The molecule has 5 nitrogen and oxygen atoms in total. The maximum absolute atomic E-state index is 13.4. The van der Waals surface area contributed by atoms with Crippen molar-refractivity contribution in [3.63, 3.8) is 0 Å². The second-order valence-corrected chi connectivity index (χ2v) is 3.89. The second kappa shape index (κ2) is 5.15. The summed E-state index contributed by atoms with van der Waals surface area (Å²) in [6, 6.07) is 5.30. The third-order valence-electron chi connectivity index (χ3n) is 2.55. The molecule has 0 radical (unpaired) electrons. The predicted molar refractivity (Wildman–Crippen MR) is 60.4 cm³/mol. The lowest BCUT2D eigenvalue weighted by molar-refractivity contribution is -0.402. The van der Waals surface area contributed by atoms with Gasteiger partial charge in [0, 0.05) is 12.5 Å². The van der Waals surface area contributed by atoms with Gasteiger partial charge >= 0.3 is 5.88 Å². The second-order valence-electron chi connectivity index (χ2n) is 3.89. The molecular weight excluding hydrogens is 260 g/mol. The monoisotopic (exact) mass is 269 g/mol. The fourth-order valence-electron chi connectivity index (χ4n) is 1.62. The highest BCUT2D eigenvalue weighted by molar-refractivity contribution is 5.23. The van der Waals surface area contributed by atoms with Gasteiger partial charge in [-0.2, -0.15) is 0 Å². The number of halogens is 2. The van der Waals surface area contributed by atoms with E-state index in [-0.39, 0.29) is 17.7 Å². The van der Waals surface area contributed by atoms with Gasteiger partial charge in [-0.3, -0.25) is 10.1 Å². The molecule has 1 aromatic heterocycles. The summed E-state index contributed by atoms with van der Waals surface area (Å²) in [4.78, 5) is 9.67. The Morgan fingerprint density at radius 1 is 1.32 bits per heavy atom. The van der Waals surface area contributed by atoms with Crippen LogP contribution in [0.4, 0.5) is 14.7 Å². The van der Waals surface area contributed by atoms with Crippen molar-refractivity contribution in [1.82, 2.24) is 0 Å². The minimum absolute atomic E-state index is 0.0459. The van der Waals surface area contributed by atoms with E-state index in [2.05, 4.69) is 0 Å². The van der Waals surface area contributed by atoms with E-state index < -0.39 is 28.5 Å². The fraction of sp³-hybridized carbons (Fsp3) is 0.167. The number of nitro groups is 1. The van der Waals surface area contributed by atoms with Crippen LogP contribution in [0.3, 0.4) is 0 Å². The van der Waals surface area contributed by atoms with E-state index in [4.69, 9.17) is 4.42 Å². The summed E-state index contributed by atoms with van der Waals surface area (Å²) in [5, 5.41) is 20.2. The summed E-state index contributed by atoms with van der Waals surface area (Å²) in [6.07, 6.45) is -1.41. The van der Waals surface area contributed by atoms with Crippen LogP contribution in [-0.2, 0) is 6.42 Å². The first kappa shape index (κ1) is 13.2. The molecule has 19 heavy (non-hydrogen) atoms. The van der Waals surface area contributed by atoms with Gasteiger partial charge in [-0.15, -0.1) is 0 Å². The first-order valence-corrected chi connectivity index (χ1v) is 5.33. The number of hydrogen-bond acceptors (Lipinski definition) is 4. The van der Waals surface area contributed by atoms with E-state index in [1.165, 1.54) is 12.1 Å². The zero-order valence-corrected chi connectivity index (χ0v) is 9.55. The summed E-state index contributed by atoms with van der Waals surface area (Å²) in [7, 11) is 0.